The van der Waals surface area contributed by atoms with Gasteiger partial charge in [-0.2, -0.15) is 0 Å². The second kappa shape index (κ2) is 14.8. The normalized spacial score (nSPS) is 20.1. The molecule has 7 nitrogen and oxygen atoms in total. The minimum atomic E-state index is 0. The number of nitrogens with one attached hydrogen (secondary N) is 1. The molecule has 26 heavy (non-hydrogen) atoms. The first-order chi connectivity index (χ1) is 12.3. The summed E-state index contributed by atoms with van der Waals surface area (Å²) in [7, 11) is 1.74. The molecule has 0 aliphatic carbocycles. The van der Waals surface area contributed by atoms with Crippen LogP contribution in [0.15, 0.2) is 4.99 Å². The molecule has 0 aromatic heterocycles. The van der Waals surface area contributed by atoms with E-state index in [-0.39, 0.29) is 24.0 Å². The number of halogens is 1. The Labute approximate surface area is 175 Å². The molecule has 0 aromatic rings. The van der Waals surface area contributed by atoms with Crippen molar-refractivity contribution in [3.05, 3.63) is 0 Å². The number of guanidine groups is 1. The molecule has 2 rings (SSSR count). The molecule has 0 spiro atoms. The van der Waals surface area contributed by atoms with E-state index < -0.39 is 0 Å². The highest BCUT2D eigenvalue weighted by Crippen LogP contribution is 2.14. The number of aliphatic imine (C=N–C) groups is 1. The van der Waals surface area contributed by atoms with Crippen molar-refractivity contribution in [3.8, 4) is 0 Å². The summed E-state index contributed by atoms with van der Waals surface area (Å²) < 4.78 is 16.4. The first-order valence-corrected chi connectivity index (χ1v) is 9.77. The maximum atomic E-state index is 5.95. The summed E-state index contributed by atoms with van der Waals surface area (Å²) in [6, 6.07) is 0. The molecule has 8 heteroatoms. The first-order valence-electron chi connectivity index (χ1n) is 9.77. The molecule has 1 N–H and O–H groups in total. The van der Waals surface area contributed by atoms with Crippen molar-refractivity contribution in [2.45, 2.75) is 32.3 Å². The molecular formula is C18H37IN4O3. The Bertz CT molecular complexity index is 373. The number of ether oxygens (including phenoxy) is 3. The third-order valence-corrected chi connectivity index (χ3v) is 4.70. The van der Waals surface area contributed by atoms with Crippen LogP contribution in [-0.4, -0.2) is 101 Å². The van der Waals surface area contributed by atoms with E-state index in [0.717, 1.165) is 97.5 Å². The number of piperidine rings is 1. The highest BCUT2D eigenvalue weighted by atomic mass is 127. The van der Waals surface area contributed by atoms with Gasteiger partial charge in [0.1, 0.15) is 0 Å². The zero-order valence-electron chi connectivity index (χ0n) is 16.5. The van der Waals surface area contributed by atoms with Crippen LogP contribution in [0, 0.1) is 0 Å². The standard InChI is InChI=1S/C18H36N4O3.HI/c1-3-19-18(20-7-10-21-11-15-24-16-12-21)22-8-5-17(6-9-22)25-14-4-13-23-2;/h17H,3-16H2,1-2H3,(H,19,20);1H. The number of hydrogen-bond acceptors (Lipinski definition) is 5. The number of morpholine rings is 1. The van der Waals surface area contributed by atoms with Gasteiger partial charge in [0.2, 0.25) is 0 Å². The lowest BCUT2D eigenvalue weighted by Gasteiger charge is -2.34. The second-order valence-electron chi connectivity index (χ2n) is 6.59. The molecular weight excluding hydrogens is 447 g/mol. The molecule has 0 amide bonds. The molecule has 0 bridgehead atoms. The largest absolute Gasteiger partial charge is 0.385 e. The van der Waals surface area contributed by atoms with E-state index in [9.17, 15) is 0 Å². The van der Waals surface area contributed by atoms with Crippen molar-refractivity contribution < 1.29 is 14.2 Å². The summed E-state index contributed by atoms with van der Waals surface area (Å²) >= 11 is 0. The molecule has 2 heterocycles. The minimum absolute atomic E-state index is 0. The Hall–Kier alpha value is -0.160. The van der Waals surface area contributed by atoms with E-state index in [2.05, 4.69) is 22.0 Å². The van der Waals surface area contributed by atoms with Crippen LogP contribution in [-0.2, 0) is 14.2 Å². The van der Waals surface area contributed by atoms with Crippen LogP contribution in [0.1, 0.15) is 26.2 Å². The highest BCUT2D eigenvalue weighted by molar-refractivity contribution is 14.0. The number of nitrogens with zero attached hydrogens (tertiary/aromatic N) is 3. The molecule has 154 valence electrons. The Morgan fingerprint density at radius 1 is 1.15 bits per heavy atom. The average molecular weight is 484 g/mol. The lowest BCUT2D eigenvalue weighted by Crippen LogP contribution is -2.47. The lowest BCUT2D eigenvalue weighted by molar-refractivity contribution is 0.00988. The Balaban J connectivity index is 0.00000338. The fraction of sp³-hybridized carbons (Fsp3) is 0.944. The molecule has 0 radical (unpaired) electrons. The zero-order valence-corrected chi connectivity index (χ0v) is 18.8. The van der Waals surface area contributed by atoms with E-state index >= 15 is 0 Å². The Kier molecular flexibility index (Phi) is 13.6. The summed E-state index contributed by atoms with van der Waals surface area (Å²) in [5.41, 5.74) is 0. The van der Waals surface area contributed by atoms with Crippen molar-refractivity contribution >= 4 is 29.9 Å². The molecule has 0 saturated carbocycles. The number of likely N-dealkylation sites (tertiary alicyclic amines) is 1. The second-order valence-corrected chi connectivity index (χ2v) is 6.59. The van der Waals surface area contributed by atoms with E-state index in [1.807, 2.05) is 0 Å². The van der Waals surface area contributed by atoms with Crippen molar-refractivity contribution in [1.29, 1.82) is 0 Å². The van der Waals surface area contributed by atoms with Crippen molar-refractivity contribution in [2.24, 2.45) is 4.99 Å². The molecule has 0 atom stereocenters. The Morgan fingerprint density at radius 3 is 2.54 bits per heavy atom. The smallest absolute Gasteiger partial charge is 0.193 e. The molecule has 2 saturated heterocycles. The third-order valence-electron chi connectivity index (χ3n) is 4.70. The van der Waals surface area contributed by atoms with Crippen LogP contribution in [0.4, 0.5) is 0 Å². The predicted molar refractivity (Wildman–Crippen MR) is 116 cm³/mol. The molecule has 2 fully saturated rings. The summed E-state index contributed by atoms with van der Waals surface area (Å²) in [6.07, 6.45) is 3.49. The van der Waals surface area contributed by atoms with Gasteiger partial charge < -0.3 is 24.4 Å². The van der Waals surface area contributed by atoms with Gasteiger partial charge in [-0.1, -0.05) is 0 Å². The maximum Gasteiger partial charge on any atom is 0.193 e. The monoisotopic (exact) mass is 484 g/mol. The summed E-state index contributed by atoms with van der Waals surface area (Å²) in [5, 5.41) is 3.44. The highest BCUT2D eigenvalue weighted by Gasteiger charge is 2.21. The molecule has 2 aliphatic heterocycles. The van der Waals surface area contributed by atoms with Crippen molar-refractivity contribution in [3.63, 3.8) is 0 Å². The van der Waals surface area contributed by atoms with Crippen LogP contribution >= 0.6 is 24.0 Å². The van der Waals surface area contributed by atoms with Gasteiger partial charge in [0.15, 0.2) is 5.96 Å². The number of hydrogen-bond donors (Lipinski definition) is 1. The van der Waals surface area contributed by atoms with Crippen LogP contribution in [0.25, 0.3) is 0 Å². The van der Waals surface area contributed by atoms with Crippen LogP contribution in [0.5, 0.6) is 0 Å². The predicted octanol–water partition coefficient (Wildman–Crippen LogP) is 1.42. The van der Waals surface area contributed by atoms with Crippen LogP contribution < -0.4 is 5.32 Å². The van der Waals surface area contributed by atoms with E-state index in [4.69, 9.17) is 19.2 Å². The maximum absolute atomic E-state index is 5.95. The van der Waals surface area contributed by atoms with E-state index in [0.29, 0.717) is 6.10 Å². The van der Waals surface area contributed by atoms with Gasteiger partial charge in [0, 0.05) is 59.6 Å². The fourth-order valence-electron chi connectivity index (χ4n) is 3.24. The topological polar surface area (TPSA) is 58.6 Å². The third kappa shape index (κ3) is 9.16. The molecule has 0 aromatic carbocycles. The quantitative estimate of drug-likeness (QED) is 0.231. The van der Waals surface area contributed by atoms with Gasteiger partial charge in [-0.15, -0.1) is 24.0 Å². The number of rotatable bonds is 9. The minimum Gasteiger partial charge on any atom is -0.385 e. The first kappa shape index (κ1) is 23.9. The summed E-state index contributed by atoms with van der Waals surface area (Å²) in [5.74, 6) is 1.05. The van der Waals surface area contributed by atoms with Gasteiger partial charge >= 0.3 is 0 Å². The summed E-state index contributed by atoms with van der Waals surface area (Å²) in [4.78, 5) is 9.63. The van der Waals surface area contributed by atoms with E-state index in [1.54, 1.807) is 7.11 Å². The fourth-order valence-corrected chi connectivity index (χ4v) is 3.24. The van der Waals surface area contributed by atoms with Crippen LogP contribution in [0.2, 0.25) is 0 Å². The van der Waals surface area contributed by atoms with Gasteiger partial charge in [-0.05, 0) is 26.2 Å². The SMILES string of the molecule is CCNC(=NCCN1CCOCC1)N1CCC(OCCCOC)CC1.I. The number of methoxy groups -OCH3 is 1. The average Bonchev–Trinajstić information content (AvgIpc) is 2.66. The van der Waals surface area contributed by atoms with Gasteiger partial charge in [0.05, 0.1) is 25.9 Å². The molecule has 0 unspecified atom stereocenters. The molecule has 2 aliphatic rings. The van der Waals surface area contributed by atoms with Crippen molar-refractivity contribution in [2.75, 3.05) is 79.4 Å². The van der Waals surface area contributed by atoms with Crippen LogP contribution in [0.3, 0.4) is 0 Å². The van der Waals surface area contributed by atoms with Crippen molar-refractivity contribution in [1.82, 2.24) is 15.1 Å². The van der Waals surface area contributed by atoms with Gasteiger partial charge in [-0.25, -0.2) is 0 Å². The Morgan fingerprint density at radius 2 is 1.88 bits per heavy atom. The van der Waals surface area contributed by atoms with Gasteiger partial charge in [0.25, 0.3) is 0 Å². The van der Waals surface area contributed by atoms with Gasteiger partial charge in [-0.3, -0.25) is 9.89 Å². The van der Waals surface area contributed by atoms with E-state index in [1.165, 1.54) is 0 Å². The lowest BCUT2D eigenvalue weighted by atomic mass is 10.1. The zero-order chi connectivity index (χ0) is 17.7. The summed E-state index contributed by atoms with van der Waals surface area (Å²) in [6.45, 7) is 12.2.